The van der Waals surface area contributed by atoms with Crippen molar-refractivity contribution in [2.45, 2.75) is 0 Å². The van der Waals surface area contributed by atoms with Crippen LogP contribution in [0.15, 0.2) is 18.2 Å². The van der Waals surface area contributed by atoms with Crippen LogP contribution in [-0.4, -0.2) is 10.7 Å². The Kier molecular flexibility index (Phi) is 2.79. The van der Waals surface area contributed by atoms with Gasteiger partial charge in [-0.3, -0.25) is 14.9 Å². The Morgan fingerprint density at radius 3 is 2.71 bits per heavy atom. The van der Waals surface area contributed by atoms with Crippen molar-refractivity contribution in [1.82, 2.24) is 0 Å². The van der Waals surface area contributed by atoms with Gasteiger partial charge < -0.3 is 0 Å². The molecule has 0 radical (unpaired) electrons. The van der Waals surface area contributed by atoms with E-state index in [9.17, 15) is 14.9 Å². The molecular formula is C8H3ClN2O3. The number of halogens is 1. The minimum absolute atomic E-state index is 0.0298. The summed E-state index contributed by atoms with van der Waals surface area (Å²) in [6, 6.07) is 4.70. The van der Waals surface area contributed by atoms with Crippen LogP contribution in [0.5, 0.6) is 0 Å². The van der Waals surface area contributed by atoms with Crippen LogP contribution >= 0.6 is 11.6 Å². The van der Waals surface area contributed by atoms with Gasteiger partial charge in [-0.2, -0.15) is 5.26 Å². The van der Waals surface area contributed by atoms with Crippen molar-refractivity contribution in [1.29, 1.82) is 5.26 Å². The molecule has 1 aromatic rings. The number of hydrogen-bond acceptors (Lipinski definition) is 4. The number of benzene rings is 1. The summed E-state index contributed by atoms with van der Waals surface area (Å²) in [7, 11) is 0. The lowest BCUT2D eigenvalue weighted by Crippen LogP contribution is -1.97. The molecule has 1 rings (SSSR count). The number of nitriles is 1. The van der Waals surface area contributed by atoms with E-state index in [1.54, 1.807) is 0 Å². The van der Waals surface area contributed by atoms with Gasteiger partial charge in [-0.15, -0.1) is 0 Å². The van der Waals surface area contributed by atoms with Gasteiger partial charge in [0.1, 0.15) is 6.07 Å². The fourth-order valence-corrected chi connectivity index (χ4v) is 1.06. The molecule has 0 N–H and O–H groups in total. The molecule has 0 heterocycles. The highest BCUT2D eigenvalue weighted by atomic mass is 35.5. The molecule has 5 nitrogen and oxygen atoms in total. The molecule has 1 aromatic carbocycles. The van der Waals surface area contributed by atoms with Crippen molar-refractivity contribution >= 4 is 23.1 Å². The summed E-state index contributed by atoms with van der Waals surface area (Å²) >= 11 is 5.58. The number of ketones is 1. The summed E-state index contributed by atoms with van der Waals surface area (Å²) in [6.45, 7) is 0. The second-order valence-electron chi connectivity index (χ2n) is 2.36. The zero-order chi connectivity index (χ0) is 10.7. The summed E-state index contributed by atoms with van der Waals surface area (Å²) in [5.74, 6) is -0.890. The Labute approximate surface area is 83.7 Å². The van der Waals surface area contributed by atoms with Crippen LogP contribution in [0, 0.1) is 21.4 Å². The smallest absolute Gasteiger partial charge is 0.270 e. The van der Waals surface area contributed by atoms with E-state index in [4.69, 9.17) is 16.9 Å². The van der Waals surface area contributed by atoms with Crippen LogP contribution in [0.1, 0.15) is 10.4 Å². The van der Waals surface area contributed by atoms with E-state index in [0.717, 1.165) is 12.1 Å². The van der Waals surface area contributed by atoms with Crippen LogP contribution in [-0.2, 0) is 0 Å². The van der Waals surface area contributed by atoms with E-state index >= 15 is 0 Å². The lowest BCUT2D eigenvalue weighted by atomic mass is 10.1. The summed E-state index contributed by atoms with van der Waals surface area (Å²) in [5.41, 5.74) is -0.420. The van der Waals surface area contributed by atoms with Crippen LogP contribution in [0.25, 0.3) is 0 Å². The average Bonchev–Trinajstić information content (AvgIpc) is 2.17. The molecule has 0 saturated heterocycles. The maximum absolute atomic E-state index is 10.9. The van der Waals surface area contributed by atoms with Gasteiger partial charge in [0.05, 0.1) is 15.5 Å². The largest absolute Gasteiger partial charge is 0.277 e. The third-order valence-electron chi connectivity index (χ3n) is 1.51. The molecule has 6 heteroatoms. The van der Waals surface area contributed by atoms with Crippen LogP contribution in [0.4, 0.5) is 5.69 Å². The number of carbonyl (C=O) groups excluding carboxylic acids is 1. The second kappa shape index (κ2) is 3.85. The molecule has 0 spiro atoms. The molecule has 0 aliphatic heterocycles. The Morgan fingerprint density at radius 1 is 1.57 bits per heavy atom. The number of rotatable bonds is 2. The normalized spacial score (nSPS) is 9.14. The Bertz CT molecular complexity index is 450. The van der Waals surface area contributed by atoms with Crippen molar-refractivity contribution in [3.05, 3.63) is 38.9 Å². The summed E-state index contributed by atoms with van der Waals surface area (Å²) in [6.07, 6.45) is 0. The summed E-state index contributed by atoms with van der Waals surface area (Å²) < 4.78 is 0. The van der Waals surface area contributed by atoms with Gasteiger partial charge in [0.15, 0.2) is 0 Å². The van der Waals surface area contributed by atoms with Gasteiger partial charge in [0.2, 0.25) is 0 Å². The van der Waals surface area contributed by atoms with E-state index in [1.165, 1.54) is 12.1 Å². The Morgan fingerprint density at radius 2 is 2.21 bits per heavy atom. The minimum atomic E-state index is -0.890. The number of carbonyl (C=O) groups is 1. The number of nitro benzene ring substituents is 1. The fraction of sp³-hybridized carbons (Fsp3) is 0. The van der Waals surface area contributed by atoms with Crippen molar-refractivity contribution in [2.24, 2.45) is 0 Å². The molecule has 0 aliphatic carbocycles. The SMILES string of the molecule is N#CC(=O)c1cc([N+](=O)[O-])ccc1Cl. The predicted molar refractivity (Wildman–Crippen MR) is 48.0 cm³/mol. The van der Waals surface area contributed by atoms with E-state index < -0.39 is 10.7 Å². The molecule has 0 atom stereocenters. The van der Waals surface area contributed by atoms with Gasteiger partial charge in [-0.25, -0.2) is 0 Å². The quantitative estimate of drug-likeness (QED) is 0.323. The Hall–Kier alpha value is -1.93. The first kappa shape index (κ1) is 10.2. The van der Waals surface area contributed by atoms with E-state index in [0.29, 0.717) is 0 Å². The summed E-state index contributed by atoms with van der Waals surface area (Å²) in [5, 5.41) is 18.7. The second-order valence-corrected chi connectivity index (χ2v) is 2.77. The molecule has 0 bridgehead atoms. The molecule has 0 saturated carbocycles. The first-order chi connectivity index (χ1) is 6.56. The van der Waals surface area contributed by atoms with Crippen LogP contribution in [0.2, 0.25) is 5.02 Å². The first-order valence-electron chi connectivity index (χ1n) is 3.44. The Balaban J connectivity index is 3.30. The number of non-ortho nitro benzene ring substituents is 1. The highest BCUT2D eigenvalue weighted by Crippen LogP contribution is 2.22. The number of nitro groups is 1. The lowest BCUT2D eigenvalue weighted by Gasteiger charge is -1.97. The van der Waals surface area contributed by atoms with Crippen LogP contribution < -0.4 is 0 Å². The summed E-state index contributed by atoms with van der Waals surface area (Å²) in [4.78, 5) is 20.6. The van der Waals surface area contributed by atoms with Crippen molar-refractivity contribution in [2.75, 3.05) is 0 Å². The topological polar surface area (TPSA) is 84.0 Å². The number of nitrogens with zero attached hydrogens (tertiary/aromatic N) is 2. The van der Waals surface area contributed by atoms with Gasteiger partial charge >= 0.3 is 0 Å². The standard InChI is InChI=1S/C8H3ClN2O3/c9-7-2-1-5(11(13)14)3-6(7)8(12)4-10/h1-3H. The predicted octanol–water partition coefficient (Wildman–Crippen LogP) is 1.95. The molecule has 70 valence electrons. The van der Waals surface area contributed by atoms with Crippen LogP contribution in [0.3, 0.4) is 0 Å². The van der Waals surface area contributed by atoms with E-state index in [2.05, 4.69) is 0 Å². The molecule has 0 fully saturated rings. The minimum Gasteiger partial charge on any atom is -0.277 e. The third kappa shape index (κ3) is 1.87. The fourth-order valence-electron chi connectivity index (χ4n) is 0.861. The van der Waals surface area contributed by atoms with Gasteiger partial charge in [0.25, 0.3) is 11.5 Å². The van der Waals surface area contributed by atoms with Crippen molar-refractivity contribution in [3.8, 4) is 6.07 Å². The van der Waals surface area contributed by atoms with E-state index in [-0.39, 0.29) is 16.3 Å². The van der Waals surface area contributed by atoms with Gasteiger partial charge in [-0.05, 0) is 6.07 Å². The molecule has 0 unspecified atom stereocenters. The molecule has 0 amide bonds. The maximum Gasteiger partial charge on any atom is 0.270 e. The number of hydrogen-bond donors (Lipinski definition) is 0. The monoisotopic (exact) mass is 210 g/mol. The molecule has 0 aliphatic rings. The highest BCUT2D eigenvalue weighted by molar-refractivity contribution is 6.35. The zero-order valence-electron chi connectivity index (χ0n) is 6.73. The average molecular weight is 211 g/mol. The maximum atomic E-state index is 10.9. The highest BCUT2D eigenvalue weighted by Gasteiger charge is 2.14. The van der Waals surface area contributed by atoms with Crippen molar-refractivity contribution in [3.63, 3.8) is 0 Å². The third-order valence-corrected chi connectivity index (χ3v) is 1.84. The first-order valence-corrected chi connectivity index (χ1v) is 3.82. The van der Waals surface area contributed by atoms with Gasteiger partial charge in [-0.1, -0.05) is 11.6 Å². The van der Waals surface area contributed by atoms with Gasteiger partial charge in [0, 0.05) is 12.1 Å². The lowest BCUT2D eigenvalue weighted by molar-refractivity contribution is -0.384. The molecular weight excluding hydrogens is 208 g/mol. The van der Waals surface area contributed by atoms with E-state index in [1.807, 2.05) is 0 Å². The van der Waals surface area contributed by atoms with Crippen molar-refractivity contribution < 1.29 is 9.72 Å². The number of Topliss-reactive ketones (excluding diaryl/α,β-unsaturated/α-hetero) is 1. The molecule has 0 aromatic heterocycles. The molecule has 14 heavy (non-hydrogen) atoms. The zero-order valence-corrected chi connectivity index (χ0v) is 7.49.